The van der Waals surface area contributed by atoms with Crippen molar-refractivity contribution in [2.75, 3.05) is 27.2 Å². The topological polar surface area (TPSA) is 101 Å². The average Bonchev–Trinajstić information content (AvgIpc) is 3.18. The molecule has 0 spiro atoms. The lowest BCUT2D eigenvalue weighted by molar-refractivity contribution is -0.140. The molecule has 8 nitrogen and oxygen atoms in total. The van der Waals surface area contributed by atoms with Crippen molar-refractivity contribution in [3.8, 4) is 0 Å². The Morgan fingerprint density at radius 1 is 0.789 bits per heavy atom. The first-order valence-corrected chi connectivity index (χ1v) is 13.9. The number of esters is 1. The number of benzene rings is 3. The highest BCUT2D eigenvalue weighted by molar-refractivity contribution is 7.89. The number of likely N-dealkylation sites (tertiary alicyclic amines) is 1. The summed E-state index contributed by atoms with van der Waals surface area (Å²) >= 11 is 0. The lowest BCUT2D eigenvalue weighted by Crippen LogP contribution is -2.41. The fourth-order valence-electron chi connectivity index (χ4n) is 6.25. The Balaban J connectivity index is 1.18. The first-order chi connectivity index (χ1) is 18.2. The van der Waals surface area contributed by atoms with E-state index in [2.05, 4.69) is 24.3 Å². The van der Waals surface area contributed by atoms with Crippen LogP contribution >= 0.6 is 0 Å². The third-order valence-corrected chi connectivity index (χ3v) is 9.79. The van der Waals surface area contributed by atoms with Crippen LogP contribution < -0.4 is 0 Å². The molecule has 1 heterocycles. The van der Waals surface area contributed by atoms with Crippen LogP contribution in [-0.4, -0.2) is 62.7 Å². The van der Waals surface area contributed by atoms with Gasteiger partial charge in [-0.15, -0.1) is 0 Å². The summed E-state index contributed by atoms with van der Waals surface area (Å²) in [5, 5.41) is 0. The summed E-state index contributed by atoms with van der Waals surface area (Å²) in [5.41, 5.74) is 4.59. The van der Waals surface area contributed by atoms with Crippen molar-refractivity contribution in [3.63, 3.8) is 0 Å². The van der Waals surface area contributed by atoms with E-state index < -0.39 is 27.8 Å². The molecule has 2 atom stereocenters. The number of imide groups is 1. The molecular weight excluding hydrogens is 504 g/mol. The minimum absolute atomic E-state index is 0.0321. The Morgan fingerprint density at radius 3 is 1.66 bits per heavy atom. The maximum atomic E-state index is 13.6. The molecule has 194 valence electrons. The summed E-state index contributed by atoms with van der Waals surface area (Å²) < 4.78 is 30.9. The van der Waals surface area contributed by atoms with Crippen molar-refractivity contribution in [3.05, 3.63) is 101 Å². The minimum Gasteiger partial charge on any atom is -0.460 e. The number of carbonyl (C=O) groups excluding carboxylic acids is 3. The zero-order chi connectivity index (χ0) is 26.8. The van der Waals surface area contributed by atoms with E-state index in [4.69, 9.17) is 4.74 Å². The fraction of sp³-hybridized carbons (Fsp3) is 0.276. The molecule has 7 rings (SSSR count). The van der Waals surface area contributed by atoms with E-state index in [0.717, 1.165) is 26.6 Å². The van der Waals surface area contributed by atoms with Crippen molar-refractivity contribution in [1.29, 1.82) is 0 Å². The molecule has 38 heavy (non-hydrogen) atoms. The lowest BCUT2D eigenvalue weighted by Gasteiger charge is -2.45. The van der Waals surface area contributed by atoms with Gasteiger partial charge in [-0.1, -0.05) is 48.5 Å². The van der Waals surface area contributed by atoms with Crippen molar-refractivity contribution in [1.82, 2.24) is 9.21 Å². The summed E-state index contributed by atoms with van der Waals surface area (Å²) in [6.45, 7) is -0.182. The van der Waals surface area contributed by atoms with E-state index in [0.29, 0.717) is 0 Å². The molecule has 2 unspecified atom stereocenters. The summed E-state index contributed by atoms with van der Waals surface area (Å²) in [5.74, 6) is -2.42. The number of sulfonamides is 1. The molecule has 9 heteroatoms. The maximum Gasteiger partial charge on any atom is 0.338 e. The number of ether oxygens (including phenoxy) is 1. The summed E-state index contributed by atoms with van der Waals surface area (Å²) in [6, 6.07) is 21.5. The molecule has 0 aromatic heterocycles. The van der Waals surface area contributed by atoms with E-state index in [1.54, 1.807) is 0 Å². The Hall–Kier alpha value is -3.82. The second-order valence-corrected chi connectivity index (χ2v) is 12.2. The van der Waals surface area contributed by atoms with Gasteiger partial charge >= 0.3 is 5.97 Å². The van der Waals surface area contributed by atoms with Gasteiger partial charge in [-0.25, -0.2) is 17.5 Å². The average molecular weight is 531 g/mol. The molecule has 1 fully saturated rings. The fourth-order valence-corrected chi connectivity index (χ4v) is 7.15. The van der Waals surface area contributed by atoms with Crippen LogP contribution in [0.15, 0.2) is 77.7 Å². The summed E-state index contributed by atoms with van der Waals surface area (Å²) in [6.07, 6.45) is 0. The first kappa shape index (κ1) is 24.5. The van der Waals surface area contributed by atoms with Gasteiger partial charge in [-0.05, 0) is 46.5 Å². The monoisotopic (exact) mass is 530 g/mol. The Bertz CT molecular complexity index is 1470. The molecule has 3 aromatic carbocycles. The smallest absolute Gasteiger partial charge is 0.338 e. The quantitative estimate of drug-likeness (QED) is 0.359. The molecule has 3 aliphatic carbocycles. The Labute approximate surface area is 220 Å². The molecule has 1 saturated heterocycles. The normalized spacial score (nSPS) is 23.3. The molecule has 0 radical (unpaired) electrons. The standard InChI is InChI=1S/C29H26N2O6S/c1-30(2)38(35,36)18-13-11-17(12-14-18)29(34)37-16-15-31-27(32)25-23-19-7-3-4-8-20(19)24(26(25)28(31)33)22-10-6-5-9-21(22)23/h3-14,23-26H,15-16H2,1-2H3. The highest BCUT2D eigenvalue weighted by Gasteiger charge is 2.61. The van der Waals surface area contributed by atoms with Crippen molar-refractivity contribution >= 4 is 27.8 Å². The third kappa shape index (κ3) is 3.53. The number of hydrogen-bond acceptors (Lipinski definition) is 6. The Kier molecular flexibility index (Phi) is 5.73. The molecule has 1 aliphatic heterocycles. The van der Waals surface area contributed by atoms with Gasteiger partial charge in [-0.2, -0.15) is 0 Å². The highest BCUT2D eigenvalue weighted by Crippen LogP contribution is 2.60. The minimum atomic E-state index is -3.61. The molecular formula is C29H26N2O6S. The number of amides is 2. The molecule has 0 N–H and O–H groups in total. The van der Waals surface area contributed by atoms with Gasteiger partial charge in [0.05, 0.1) is 28.8 Å². The molecule has 0 saturated carbocycles. The van der Waals surface area contributed by atoms with Gasteiger partial charge in [0.2, 0.25) is 21.8 Å². The number of hydrogen-bond donors (Lipinski definition) is 0. The van der Waals surface area contributed by atoms with Crippen LogP contribution in [0.3, 0.4) is 0 Å². The second kappa shape index (κ2) is 8.89. The summed E-state index contributed by atoms with van der Waals surface area (Å²) in [7, 11) is -0.758. The van der Waals surface area contributed by atoms with Crippen molar-refractivity contribution < 1.29 is 27.5 Å². The van der Waals surface area contributed by atoms with Crippen LogP contribution in [0.4, 0.5) is 0 Å². The number of carbonyl (C=O) groups is 3. The highest BCUT2D eigenvalue weighted by atomic mass is 32.2. The van der Waals surface area contributed by atoms with Crippen LogP contribution in [0.2, 0.25) is 0 Å². The van der Waals surface area contributed by atoms with Crippen LogP contribution in [0.1, 0.15) is 44.4 Å². The van der Waals surface area contributed by atoms with E-state index >= 15 is 0 Å². The van der Waals surface area contributed by atoms with Gasteiger partial charge in [0.1, 0.15) is 6.61 Å². The van der Waals surface area contributed by atoms with Crippen molar-refractivity contribution in [2.45, 2.75) is 16.7 Å². The molecule has 2 amide bonds. The van der Waals surface area contributed by atoms with Crippen LogP contribution in [-0.2, 0) is 24.3 Å². The lowest BCUT2D eigenvalue weighted by atomic mass is 9.55. The van der Waals surface area contributed by atoms with Gasteiger partial charge in [0.25, 0.3) is 0 Å². The Morgan fingerprint density at radius 2 is 1.24 bits per heavy atom. The maximum absolute atomic E-state index is 13.6. The molecule has 3 aromatic rings. The zero-order valence-corrected chi connectivity index (χ0v) is 21.7. The van der Waals surface area contributed by atoms with Crippen LogP contribution in [0.5, 0.6) is 0 Å². The van der Waals surface area contributed by atoms with Crippen LogP contribution in [0, 0.1) is 11.8 Å². The number of nitrogens with zero attached hydrogens (tertiary/aromatic N) is 2. The SMILES string of the molecule is CN(C)S(=O)(=O)c1ccc(C(=O)OCCN2C(=O)C3C4c5ccccc5C(c5ccccc54)C3C2=O)cc1. The molecule has 4 aliphatic rings. The van der Waals surface area contributed by atoms with E-state index in [-0.39, 0.29) is 47.3 Å². The van der Waals surface area contributed by atoms with E-state index in [1.165, 1.54) is 43.3 Å². The van der Waals surface area contributed by atoms with Gasteiger partial charge in [-0.3, -0.25) is 14.5 Å². The number of rotatable bonds is 6. The van der Waals surface area contributed by atoms with Crippen molar-refractivity contribution in [2.24, 2.45) is 11.8 Å². The van der Waals surface area contributed by atoms with Crippen LogP contribution in [0.25, 0.3) is 0 Å². The van der Waals surface area contributed by atoms with Gasteiger partial charge in [0.15, 0.2) is 0 Å². The van der Waals surface area contributed by atoms with Gasteiger partial charge in [0, 0.05) is 25.9 Å². The summed E-state index contributed by atoms with van der Waals surface area (Å²) in [4.78, 5) is 41.1. The van der Waals surface area contributed by atoms with E-state index in [9.17, 15) is 22.8 Å². The predicted molar refractivity (Wildman–Crippen MR) is 138 cm³/mol. The molecule has 2 bridgehead atoms. The predicted octanol–water partition coefficient (Wildman–Crippen LogP) is 2.99. The van der Waals surface area contributed by atoms with E-state index in [1.807, 2.05) is 24.3 Å². The first-order valence-electron chi connectivity index (χ1n) is 12.4. The van der Waals surface area contributed by atoms with Gasteiger partial charge < -0.3 is 4.74 Å². The third-order valence-electron chi connectivity index (χ3n) is 7.96. The zero-order valence-electron chi connectivity index (χ0n) is 20.9. The second-order valence-electron chi connectivity index (χ2n) is 10.0. The largest absolute Gasteiger partial charge is 0.460 e.